The molecule has 98 valence electrons. The van der Waals surface area contributed by atoms with Crippen molar-refractivity contribution < 1.29 is 9.53 Å². The van der Waals surface area contributed by atoms with Crippen LogP contribution < -0.4 is 0 Å². The Hall–Kier alpha value is -2.30. The molecule has 2 aromatic heterocycles. The van der Waals surface area contributed by atoms with Crippen LogP contribution in [-0.2, 0) is 11.2 Å². The van der Waals surface area contributed by atoms with Crippen LogP contribution in [0.25, 0.3) is 0 Å². The Kier molecular flexibility index (Phi) is 4.18. The first-order valence-electron chi connectivity index (χ1n) is 6.09. The number of aryl methyl sites for hydroxylation is 1. The molecule has 0 N–H and O–H groups in total. The van der Waals surface area contributed by atoms with Crippen LogP contribution in [0.15, 0.2) is 30.7 Å². The van der Waals surface area contributed by atoms with E-state index >= 15 is 0 Å². The number of carbonyl (C=O) groups excluding carboxylic acids is 1. The van der Waals surface area contributed by atoms with E-state index in [-0.39, 0.29) is 0 Å². The SMILES string of the molecule is CCOC(=O)c1nc(Cc2ccncc2)ncc1C. The number of aromatic nitrogens is 3. The van der Waals surface area contributed by atoms with Gasteiger partial charge in [0.25, 0.3) is 0 Å². The first kappa shape index (κ1) is 13.1. The van der Waals surface area contributed by atoms with Crippen LogP contribution in [0.2, 0.25) is 0 Å². The second-order valence-electron chi connectivity index (χ2n) is 4.07. The molecule has 0 spiro atoms. The fraction of sp³-hybridized carbons (Fsp3) is 0.286. The third-order valence-electron chi connectivity index (χ3n) is 2.60. The molecule has 0 aliphatic carbocycles. The van der Waals surface area contributed by atoms with E-state index in [4.69, 9.17) is 4.74 Å². The standard InChI is InChI=1S/C14H15N3O2/c1-3-19-14(18)13-10(2)9-16-12(17-13)8-11-4-6-15-7-5-11/h4-7,9H,3,8H2,1-2H3. The number of ether oxygens (including phenoxy) is 1. The number of hydrogen-bond acceptors (Lipinski definition) is 5. The molecule has 2 heterocycles. The van der Waals surface area contributed by atoms with Crippen LogP contribution in [0, 0.1) is 6.92 Å². The maximum atomic E-state index is 11.7. The lowest BCUT2D eigenvalue weighted by atomic mass is 10.2. The fourth-order valence-corrected chi connectivity index (χ4v) is 1.65. The van der Waals surface area contributed by atoms with E-state index in [1.807, 2.05) is 12.1 Å². The fourth-order valence-electron chi connectivity index (χ4n) is 1.65. The summed E-state index contributed by atoms with van der Waals surface area (Å²) in [7, 11) is 0. The second-order valence-corrected chi connectivity index (χ2v) is 4.07. The van der Waals surface area contributed by atoms with E-state index in [0.717, 1.165) is 11.1 Å². The molecule has 0 unspecified atom stereocenters. The molecule has 0 atom stereocenters. The minimum absolute atomic E-state index is 0.334. The Bertz CT molecular complexity index is 570. The van der Waals surface area contributed by atoms with Crippen molar-refractivity contribution in [2.75, 3.05) is 6.61 Å². The molecule has 0 saturated carbocycles. The molecule has 0 saturated heterocycles. The molecule has 19 heavy (non-hydrogen) atoms. The molecule has 0 aliphatic heterocycles. The predicted octanol–water partition coefficient (Wildman–Crippen LogP) is 1.95. The lowest BCUT2D eigenvalue weighted by molar-refractivity contribution is 0.0518. The number of carbonyl (C=O) groups is 1. The molecule has 0 aromatic carbocycles. The highest BCUT2D eigenvalue weighted by Crippen LogP contribution is 2.09. The van der Waals surface area contributed by atoms with Gasteiger partial charge in [-0.15, -0.1) is 0 Å². The highest BCUT2D eigenvalue weighted by atomic mass is 16.5. The molecule has 0 aliphatic rings. The first-order chi connectivity index (χ1) is 9.20. The number of hydrogen-bond donors (Lipinski definition) is 0. The molecule has 5 nitrogen and oxygen atoms in total. The summed E-state index contributed by atoms with van der Waals surface area (Å²) >= 11 is 0. The second kappa shape index (κ2) is 6.04. The van der Waals surface area contributed by atoms with Gasteiger partial charge in [0.05, 0.1) is 6.61 Å². The molecule has 0 amide bonds. The Balaban J connectivity index is 2.23. The van der Waals surface area contributed by atoms with Gasteiger partial charge < -0.3 is 4.74 Å². The number of pyridine rings is 1. The zero-order chi connectivity index (χ0) is 13.7. The molecular formula is C14H15N3O2. The lowest BCUT2D eigenvalue weighted by Crippen LogP contribution is -2.12. The molecule has 2 aromatic rings. The van der Waals surface area contributed by atoms with Crippen molar-refractivity contribution in [3.05, 3.63) is 53.4 Å². The van der Waals surface area contributed by atoms with E-state index < -0.39 is 5.97 Å². The van der Waals surface area contributed by atoms with Crippen molar-refractivity contribution in [2.45, 2.75) is 20.3 Å². The van der Waals surface area contributed by atoms with Crippen molar-refractivity contribution in [1.29, 1.82) is 0 Å². The van der Waals surface area contributed by atoms with Crippen LogP contribution in [0.3, 0.4) is 0 Å². The van der Waals surface area contributed by atoms with Gasteiger partial charge in [-0.3, -0.25) is 4.98 Å². The highest BCUT2D eigenvalue weighted by Gasteiger charge is 2.13. The highest BCUT2D eigenvalue weighted by molar-refractivity contribution is 5.88. The molecule has 0 fully saturated rings. The van der Waals surface area contributed by atoms with Gasteiger partial charge in [0.2, 0.25) is 0 Å². The van der Waals surface area contributed by atoms with Crippen LogP contribution in [0.4, 0.5) is 0 Å². The van der Waals surface area contributed by atoms with Gasteiger partial charge >= 0.3 is 5.97 Å². The quantitative estimate of drug-likeness (QED) is 0.783. The topological polar surface area (TPSA) is 65.0 Å². The van der Waals surface area contributed by atoms with E-state index in [0.29, 0.717) is 24.5 Å². The summed E-state index contributed by atoms with van der Waals surface area (Å²) in [4.78, 5) is 24.2. The smallest absolute Gasteiger partial charge is 0.357 e. The van der Waals surface area contributed by atoms with Crippen molar-refractivity contribution >= 4 is 5.97 Å². The molecular weight excluding hydrogens is 242 g/mol. The zero-order valence-corrected chi connectivity index (χ0v) is 11.0. The Morgan fingerprint density at radius 1 is 1.32 bits per heavy atom. The number of nitrogens with zero attached hydrogens (tertiary/aromatic N) is 3. The van der Waals surface area contributed by atoms with Crippen LogP contribution in [-0.4, -0.2) is 27.5 Å². The van der Waals surface area contributed by atoms with E-state index in [9.17, 15) is 4.79 Å². The van der Waals surface area contributed by atoms with Gasteiger partial charge in [0.15, 0.2) is 5.69 Å². The lowest BCUT2D eigenvalue weighted by Gasteiger charge is -2.06. The normalized spacial score (nSPS) is 10.2. The average Bonchev–Trinajstić information content (AvgIpc) is 2.42. The molecule has 2 rings (SSSR count). The molecule has 5 heteroatoms. The van der Waals surface area contributed by atoms with Crippen LogP contribution in [0.1, 0.15) is 34.4 Å². The Morgan fingerprint density at radius 2 is 2.05 bits per heavy atom. The van der Waals surface area contributed by atoms with Crippen LogP contribution in [0.5, 0.6) is 0 Å². The maximum absolute atomic E-state index is 11.7. The summed E-state index contributed by atoms with van der Waals surface area (Å²) in [6, 6.07) is 3.79. The largest absolute Gasteiger partial charge is 0.461 e. The summed E-state index contributed by atoms with van der Waals surface area (Å²) in [5, 5.41) is 0. The summed E-state index contributed by atoms with van der Waals surface area (Å²) in [5.41, 5.74) is 2.10. The van der Waals surface area contributed by atoms with Crippen LogP contribution >= 0.6 is 0 Å². The van der Waals surface area contributed by atoms with Gasteiger partial charge in [-0.2, -0.15) is 0 Å². The van der Waals surface area contributed by atoms with E-state index in [2.05, 4.69) is 15.0 Å². The number of esters is 1. The van der Waals surface area contributed by atoms with Crippen molar-refractivity contribution in [3.63, 3.8) is 0 Å². The van der Waals surface area contributed by atoms with E-state index in [1.54, 1.807) is 32.4 Å². The Morgan fingerprint density at radius 3 is 2.74 bits per heavy atom. The van der Waals surface area contributed by atoms with Gasteiger partial charge in [-0.25, -0.2) is 14.8 Å². The summed E-state index contributed by atoms with van der Waals surface area (Å²) in [6.07, 6.45) is 5.65. The zero-order valence-electron chi connectivity index (χ0n) is 11.0. The monoisotopic (exact) mass is 257 g/mol. The minimum atomic E-state index is -0.404. The van der Waals surface area contributed by atoms with Gasteiger partial charge in [-0.1, -0.05) is 0 Å². The van der Waals surface area contributed by atoms with Crippen molar-refractivity contribution in [2.24, 2.45) is 0 Å². The van der Waals surface area contributed by atoms with E-state index in [1.165, 1.54) is 0 Å². The van der Waals surface area contributed by atoms with Gasteiger partial charge in [-0.05, 0) is 31.5 Å². The average molecular weight is 257 g/mol. The first-order valence-corrected chi connectivity index (χ1v) is 6.09. The van der Waals surface area contributed by atoms with Gasteiger partial charge in [0, 0.05) is 30.6 Å². The summed E-state index contributed by atoms with van der Waals surface area (Å²) < 4.78 is 4.97. The molecule has 0 radical (unpaired) electrons. The molecule has 0 bridgehead atoms. The number of rotatable bonds is 4. The van der Waals surface area contributed by atoms with Crippen molar-refractivity contribution in [1.82, 2.24) is 15.0 Å². The minimum Gasteiger partial charge on any atom is -0.461 e. The summed E-state index contributed by atoms with van der Waals surface area (Å²) in [5.74, 6) is 0.193. The predicted molar refractivity (Wildman–Crippen MR) is 69.8 cm³/mol. The summed E-state index contributed by atoms with van der Waals surface area (Å²) in [6.45, 7) is 3.90. The third kappa shape index (κ3) is 3.34. The van der Waals surface area contributed by atoms with Gasteiger partial charge in [0.1, 0.15) is 5.82 Å². The van der Waals surface area contributed by atoms with Crippen molar-refractivity contribution in [3.8, 4) is 0 Å². The Labute approximate surface area is 111 Å². The third-order valence-corrected chi connectivity index (χ3v) is 2.60. The maximum Gasteiger partial charge on any atom is 0.357 e.